The van der Waals surface area contributed by atoms with Crippen molar-refractivity contribution in [3.8, 4) is 11.1 Å². The minimum Gasteiger partial charge on any atom is -0.316 e. The summed E-state index contributed by atoms with van der Waals surface area (Å²) < 4.78 is 23.7. The number of carbonyl (C=O) groups is 2. The molecule has 0 aliphatic carbocycles. The summed E-state index contributed by atoms with van der Waals surface area (Å²) >= 11 is 0. The normalized spacial score (nSPS) is 26.3. The number of hydrogen-bond acceptors (Lipinski definition) is 6. The van der Waals surface area contributed by atoms with Crippen LogP contribution in [-0.4, -0.2) is 64.2 Å². The van der Waals surface area contributed by atoms with Crippen LogP contribution >= 0.6 is 0 Å². The Balaban J connectivity index is 1.51. The third kappa shape index (κ3) is 4.48. The van der Waals surface area contributed by atoms with Crippen molar-refractivity contribution in [1.82, 2.24) is 10.6 Å². The van der Waals surface area contributed by atoms with Gasteiger partial charge >= 0.3 is 0 Å². The maximum atomic E-state index is 13.8. The van der Waals surface area contributed by atoms with Gasteiger partial charge in [0.15, 0.2) is 9.84 Å². The number of nitrogens with one attached hydrogen (secondary N) is 2. The monoisotopic (exact) mass is 496 g/mol. The zero-order valence-electron chi connectivity index (χ0n) is 20.3. The topological polar surface area (TPSA) is 98.8 Å². The first-order chi connectivity index (χ1) is 16.6. The minimum absolute atomic E-state index is 0.0419. The number of amides is 2. The standard InChI is InChI=1S/C26H32N4O4S/c1-16-15-29(26(32)23-12-20-14-27-11-10-22(20)28-23)25-13-19(6-9-24(25)30(16)17(2)31)18-4-7-21(8-5-18)35(3,33)34/h4-9,13,16,20,22-23,27-28H,10-12,14-15H2,1-3H3/t16-,20?,22?,23?/m0/s1. The molecule has 35 heavy (non-hydrogen) atoms. The van der Waals surface area contributed by atoms with Crippen LogP contribution < -0.4 is 20.4 Å². The molecular weight excluding hydrogens is 464 g/mol. The van der Waals surface area contributed by atoms with Gasteiger partial charge in [-0.3, -0.25) is 9.59 Å². The van der Waals surface area contributed by atoms with E-state index in [2.05, 4.69) is 10.6 Å². The Morgan fingerprint density at radius 2 is 1.74 bits per heavy atom. The van der Waals surface area contributed by atoms with Gasteiger partial charge in [-0.25, -0.2) is 8.42 Å². The van der Waals surface area contributed by atoms with Gasteiger partial charge in [0.1, 0.15) is 0 Å². The number of sulfone groups is 1. The molecule has 4 atom stereocenters. The van der Waals surface area contributed by atoms with Crippen LogP contribution in [0.1, 0.15) is 26.7 Å². The third-order valence-electron chi connectivity index (χ3n) is 7.49. The van der Waals surface area contributed by atoms with Crippen molar-refractivity contribution in [3.63, 3.8) is 0 Å². The molecule has 0 aromatic heterocycles. The van der Waals surface area contributed by atoms with E-state index in [0.717, 1.165) is 42.7 Å². The number of anilines is 2. The molecule has 0 bridgehead atoms. The van der Waals surface area contributed by atoms with E-state index in [1.807, 2.05) is 30.0 Å². The van der Waals surface area contributed by atoms with Gasteiger partial charge in [-0.05, 0) is 74.2 Å². The summed E-state index contributed by atoms with van der Waals surface area (Å²) in [6.07, 6.45) is 3.01. The van der Waals surface area contributed by atoms with Gasteiger partial charge < -0.3 is 20.4 Å². The molecule has 186 valence electrons. The Morgan fingerprint density at radius 3 is 2.40 bits per heavy atom. The summed E-state index contributed by atoms with van der Waals surface area (Å²) in [7, 11) is -3.29. The molecule has 0 radical (unpaired) electrons. The molecule has 5 rings (SSSR count). The lowest BCUT2D eigenvalue weighted by Crippen LogP contribution is -2.55. The number of carbonyl (C=O) groups excluding carboxylic acids is 2. The molecular formula is C26H32N4O4S. The number of nitrogens with zero attached hydrogens (tertiary/aromatic N) is 2. The molecule has 8 nitrogen and oxygen atoms in total. The van der Waals surface area contributed by atoms with Crippen LogP contribution in [0, 0.1) is 5.92 Å². The zero-order chi connectivity index (χ0) is 24.9. The number of benzene rings is 2. The number of fused-ring (bicyclic) bond motifs is 2. The summed E-state index contributed by atoms with van der Waals surface area (Å²) in [6.45, 7) is 5.83. The Bertz CT molecular complexity index is 1250. The highest BCUT2D eigenvalue weighted by Gasteiger charge is 2.42. The second-order valence-electron chi connectivity index (χ2n) is 10.0. The van der Waals surface area contributed by atoms with E-state index in [1.54, 1.807) is 36.1 Å². The van der Waals surface area contributed by atoms with Gasteiger partial charge in [-0.1, -0.05) is 18.2 Å². The molecule has 3 unspecified atom stereocenters. The van der Waals surface area contributed by atoms with Crippen molar-refractivity contribution in [1.29, 1.82) is 0 Å². The van der Waals surface area contributed by atoms with Crippen molar-refractivity contribution >= 4 is 33.0 Å². The highest BCUT2D eigenvalue weighted by atomic mass is 32.2. The van der Waals surface area contributed by atoms with Gasteiger partial charge in [-0.2, -0.15) is 0 Å². The summed E-state index contributed by atoms with van der Waals surface area (Å²) in [6, 6.07) is 12.4. The fraction of sp³-hybridized carbons (Fsp3) is 0.462. The Kier molecular flexibility index (Phi) is 6.19. The molecule has 2 N–H and O–H groups in total. The van der Waals surface area contributed by atoms with Crippen LogP contribution in [0.4, 0.5) is 11.4 Å². The van der Waals surface area contributed by atoms with Gasteiger partial charge in [0.2, 0.25) is 11.8 Å². The average Bonchev–Trinajstić information content (AvgIpc) is 3.26. The third-order valence-corrected chi connectivity index (χ3v) is 8.62. The van der Waals surface area contributed by atoms with E-state index in [1.165, 1.54) is 6.26 Å². The van der Waals surface area contributed by atoms with E-state index in [4.69, 9.17) is 0 Å². The predicted molar refractivity (Wildman–Crippen MR) is 136 cm³/mol. The van der Waals surface area contributed by atoms with E-state index in [-0.39, 0.29) is 28.8 Å². The van der Waals surface area contributed by atoms with Crippen LogP contribution in [-0.2, 0) is 19.4 Å². The lowest BCUT2D eigenvalue weighted by Gasteiger charge is -2.41. The Labute approximate surface area is 206 Å². The van der Waals surface area contributed by atoms with E-state index in [0.29, 0.717) is 24.2 Å². The molecule has 2 amide bonds. The predicted octanol–water partition coefficient (Wildman–Crippen LogP) is 2.19. The van der Waals surface area contributed by atoms with E-state index < -0.39 is 9.84 Å². The van der Waals surface area contributed by atoms with Crippen molar-refractivity contribution in [2.45, 2.75) is 49.7 Å². The molecule has 9 heteroatoms. The first-order valence-corrected chi connectivity index (χ1v) is 14.0. The molecule has 2 fully saturated rings. The summed E-state index contributed by atoms with van der Waals surface area (Å²) in [5.74, 6) is 0.431. The zero-order valence-corrected chi connectivity index (χ0v) is 21.1. The molecule has 2 saturated heterocycles. The second kappa shape index (κ2) is 9.04. The van der Waals surface area contributed by atoms with Gasteiger partial charge in [0, 0.05) is 25.8 Å². The fourth-order valence-electron chi connectivity index (χ4n) is 5.77. The SMILES string of the molecule is CC(=O)N1c2ccc(-c3ccc(S(C)(=O)=O)cc3)cc2N(C(=O)C2CC3CNCCC3N2)C[C@@H]1C. The van der Waals surface area contributed by atoms with Crippen LogP contribution in [0.5, 0.6) is 0 Å². The Morgan fingerprint density at radius 1 is 1.03 bits per heavy atom. The first kappa shape index (κ1) is 24.0. The van der Waals surface area contributed by atoms with Crippen molar-refractivity contribution in [2.24, 2.45) is 5.92 Å². The first-order valence-electron chi connectivity index (χ1n) is 12.2. The average molecular weight is 497 g/mol. The lowest BCUT2D eigenvalue weighted by molar-refractivity contribution is -0.121. The second-order valence-corrected chi connectivity index (χ2v) is 12.0. The molecule has 0 spiro atoms. The highest BCUT2D eigenvalue weighted by Crippen LogP contribution is 2.40. The fourth-order valence-corrected chi connectivity index (χ4v) is 6.40. The van der Waals surface area contributed by atoms with Crippen LogP contribution in [0.15, 0.2) is 47.4 Å². The largest absolute Gasteiger partial charge is 0.316 e. The molecule has 3 heterocycles. The summed E-state index contributed by atoms with van der Waals surface area (Å²) in [5, 5.41) is 7.00. The van der Waals surface area contributed by atoms with E-state index in [9.17, 15) is 18.0 Å². The van der Waals surface area contributed by atoms with Gasteiger partial charge in [-0.15, -0.1) is 0 Å². The van der Waals surface area contributed by atoms with Crippen molar-refractivity contribution in [2.75, 3.05) is 35.7 Å². The number of hydrogen-bond donors (Lipinski definition) is 2. The molecule has 2 aromatic rings. The van der Waals surface area contributed by atoms with Crippen LogP contribution in [0.25, 0.3) is 11.1 Å². The Hall–Kier alpha value is -2.75. The minimum atomic E-state index is -3.29. The number of rotatable bonds is 3. The van der Waals surface area contributed by atoms with E-state index >= 15 is 0 Å². The quantitative estimate of drug-likeness (QED) is 0.676. The molecule has 2 aromatic carbocycles. The van der Waals surface area contributed by atoms with Gasteiger partial charge in [0.05, 0.1) is 28.4 Å². The molecule has 0 saturated carbocycles. The van der Waals surface area contributed by atoms with Crippen molar-refractivity contribution in [3.05, 3.63) is 42.5 Å². The summed E-state index contributed by atoms with van der Waals surface area (Å²) in [5.41, 5.74) is 3.13. The van der Waals surface area contributed by atoms with Crippen molar-refractivity contribution < 1.29 is 18.0 Å². The summed E-state index contributed by atoms with van der Waals surface area (Å²) in [4.78, 5) is 30.2. The van der Waals surface area contributed by atoms with Gasteiger partial charge in [0.25, 0.3) is 0 Å². The highest BCUT2D eigenvalue weighted by molar-refractivity contribution is 7.90. The number of piperidine rings is 1. The lowest BCUT2D eigenvalue weighted by atomic mass is 9.93. The molecule has 3 aliphatic rings. The smallest absolute Gasteiger partial charge is 0.244 e. The molecule has 3 aliphatic heterocycles. The van der Waals surface area contributed by atoms with Crippen LogP contribution in [0.3, 0.4) is 0 Å². The maximum Gasteiger partial charge on any atom is 0.244 e. The maximum absolute atomic E-state index is 13.8. The van der Waals surface area contributed by atoms with Crippen LogP contribution in [0.2, 0.25) is 0 Å².